The highest BCUT2D eigenvalue weighted by Gasteiger charge is 2.72. The molecule has 3 aliphatic heterocycles. The van der Waals surface area contributed by atoms with E-state index in [9.17, 15) is 14.7 Å². The number of likely N-dealkylation sites (tertiary alicyclic amines) is 2. The number of methoxy groups -OCH3 is 1. The van der Waals surface area contributed by atoms with Gasteiger partial charge in [0.05, 0.1) is 18.1 Å². The molecule has 0 aromatic heterocycles. The lowest BCUT2D eigenvalue weighted by Gasteiger charge is -2.62. The Balaban J connectivity index is 0.000000152. The third kappa shape index (κ3) is 5.42. The molecule has 8 heteroatoms. The van der Waals surface area contributed by atoms with Gasteiger partial charge in [0.25, 0.3) is 0 Å². The molecule has 8 nitrogen and oxygen atoms in total. The van der Waals surface area contributed by atoms with Crippen molar-refractivity contribution in [1.29, 1.82) is 0 Å². The number of Topliss-reactive ketones (excluding diaryl/α,β-unsaturated/α-hetero) is 1. The van der Waals surface area contributed by atoms with E-state index >= 15 is 0 Å². The summed E-state index contributed by atoms with van der Waals surface area (Å²) in [5.74, 6) is 1.70. The molecular formula is C40H49N3O5. The normalized spacial score (nSPS) is 27.7. The number of carbonyl (C=O) groups is 2. The molecule has 3 aromatic carbocycles. The summed E-state index contributed by atoms with van der Waals surface area (Å²) < 4.78 is 11.6. The molecule has 2 bridgehead atoms. The number of amides is 1. The van der Waals surface area contributed by atoms with Crippen LogP contribution in [0.5, 0.6) is 11.5 Å². The molecule has 48 heavy (non-hydrogen) atoms. The van der Waals surface area contributed by atoms with Crippen molar-refractivity contribution in [1.82, 2.24) is 9.80 Å². The molecule has 0 radical (unpaired) electrons. The van der Waals surface area contributed by atoms with Crippen LogP contribution in [0.25, 0.3) is 0 Å². The van der Waals surface area contributed by atoms with Crippen molar-refractivity contribution >= 4 is 17.4 Å². The van der Waals surface area contributed by atoms with Crippen molar-refractivity contribution in [3.05, 3.63) is 89.5 Å². The van der Waals surface area contributed by atoms with Gasteiger partial charge in [-0.25, -0.2) is 0 Å². The summed E-state index contributed by atoms with van der Waals surface area (Å²) in [6.45, 7) is 6.06. The lowest BCUT2D eigenvalue weighted by molar-refractivity contribution is -0.185. The van der Waals surface area contributed by atoms with Gasteiger partial charge in [0.1, 0.15) is 0 Å². The number of ether oxygens (including phenoxy) is 2. The summed E-state index contributed by atoms with van der Waals surface area (Å²) >= 11 is 0. The van der Waals surface area contributed by atoms with Crippen molar-refractivity contribution in [2.24, 2.45) is 0 Å². The molecular weight excluding hydrogens is 602 g/mol. The molecule has 3 fully saturated rings. The van der Waals surface area contributed by atoms with E-state index in [1.54, 1.807) is 7.11 Å². The number of hydrogen-bond donors (Lipinski definition) is 1. The maximum absolute atomic E-state index is 12.7. The monoisotopic (exact) mass is 651 g/mol. The number of hydrogen-bond acceptors (Lipinski definition) is 7. The molecule has 1 spiro atoms. The molecule has 1 amide bonds. The number of ketones is 1. The summed E-state index contributed by atoms with van der Waals surface area (Å²) in [6.07, 6.45) is 5.65. The average molecular weight is 652 g/mol. The second kappa shape index (κ2) is 13.3. The molecule has 0 unspecified atom stereocenters. The molecule has 254 valence electrons. The zero-order chi connectivity index (χ0) is 33.5. The second-order valence-corrected chi connectivity index (χ2v) is 14.2. The third-order valence-electron chi connectivity index (χ3n) is 11.8. The minimum absolute atomic E-state index is 0.0438. The summed E-state index contributed by atoms with van der Waals surface area (Å²) in [5, 5.41) is 11.7. The largest absolute Gasteiger partial charge is 0.493 e. The fraction of sp³-hybridized carbons (Fsp3) is 0.500. The molecule has 8 rings (SSSR count). The van der Waals surface area contributed by atoms with Crippen molar-refractivity contribution in [2.45, 2.75) is 87.5 Å². The number of benzene rings is 3. The highest BCUT2D eigenvalue weighted by Crippen LogP contribution is 2.64. The molecule has 1 saturated carbocycles. The topological polar surface area (TPSA) is 82.5 Å². The highest BCUT2D eigenvalue weighted by molar-refractivity contribution is 5.93. The van der Waals surface area contributed by atoms with Crippen LogP contribution in [0.2, 0.25) is 0 Å². The minimum atomic E-state index is -0.900. The van der Waals surface area contributed by atoms with Crippen LogP contribution in [0.3, 0.4) is 0 Å². The Morgan fingerprint density at radius 2 is 1.71 bits per heavy atom. The van der Waals surface area contributed by atoms with E-state index in [1.165, 1.54) is 11.1 Å². The summed E-state index contributed by atoms with van der Waals surface area (Å²) in [5.41, 5.74) is 3.18. The molecule has 1 N–H and O–H groups in total. The summed E-state index contributed by atoms with van der Waals surface area (Å²) in [6, 6.07) is 25.2. The Morgan fingerprint density at radius 1 is 1.00 bits per heavy atom. The van der Waals surface area contributed by atoms with Crippen molar-refractivity contribution in [3.63, 3.8) is 0 Å². The van der Waals surface area contributed by atoms with Crippen LogP contribution >= 0.6 is 0 Å². The van der Waals surface area contributed by atoms with Crippen molar-refractivity contribution in [2.75, 3.05) is 45.2 Å². The number of para-hydroxylation sites is 1. The molecule has 2 aliphatic carbocycles. The first kappa shape index (κ1) is 32.8. The van der Waals surface area contributed by atoms with Crippen LogP contribution in [0, 0.1) is 0 Å². The van der Waals surface area contributed by atoms with E-state index in [2.05, 4.69) is 65.4 Å². The standard InChI is InChI=1S/C22H28N2O.C18H21NO4/c1-2-22(25)24(20-11-7-4-8-12-20)21-14-17-23(18-15-21)16-13-19-9-5-3-6-10-19;1-19-8-7-17-14-10-3-4-12(22-2)15(14)23-16(17)11(20)5-6-18(17,21)13(19)9-10/h3-12,21H,2,13-18H2,1H3;3-4,13,16,21H,5-9H2,1-2H3/t;13-,16+,17+,18-/m.1/s1. The van der Waals surface area contributed by atoms with Gasteiger partial charge >= 0.3 is 0 Å². The third-order valence-corrected chi connectivity index (χ3v) is 11.8. The van der Waals surface area contributed by atoms with E-state index in [0.29, 0.717) is 36.8 Å². The van der Waals surface area contributed by atoms with Gasteiger partial charge in [-0.3, -0.25) is 9.59 Å². The lowest BCUT2D eigenvalue weighted by Crippen LogP contribution is -2.76. The van der Waals surface area contributed by atoms with Gasteiger partial charge in [0, 0.05) is 55.8 Å². The van der Waals surface area contributed by atoms with E-state index < -0.39 is 17.1 Å². The molecule has 2 saturated heterocycles. The van der Waals surface area contributed by atoms with Gasteiger partial charge in [0.2, 0.25) is 5.91 Å². The summed E-state index contributed by atoms with van der Waals surface area (Å²) in [4.78, 5) is 32.0. The number of nitrogens with zero attached hydrogens (tertiary/aromatic N) is 3. The fourth-order valence-electron chi connectivity index (χ4n) is 9.34. The minimum Gasteiger partial charge on any atom is -0.493 e. The molecule has 5 aliphatic rings. The van der Waals surface area contributed by atoms with Crippen LogP contribution < -0.4 is 14.4 Å². The van der Waals surface area contributed by atoms with E-state index in [4.69, 9.17) is 9.47 Å². The van der Waals surface area contributed by atoms with Crippen LogP contribution in [0.4, 0.5) is 5.69 Å². The Bertz CT molecular complexity index is 1620. The average Bonchev–Trinajstić information content (AvgIpc) is 3.49. The van der Waals surface area contributed by atoms with Crippen LogP contribution in [-0.2, 0) is 27.8 Å². The van der Waals surface area contributed by atoms with Gasteiger partial charge in [-0.15, -0.1) is 0 Å². The lowest BCUT2D eigenvalue weighted by atomic mass is 9.49. The quantitative estimate of drug-likeness (QED) is 0.377. The van der Waals surface area contributed by atoms with Crippen LogP contribution in [-0.4, -0.2) is 90.7 Å². The van der Waals surface area contributed by atoms with Crippen LogP contribution in [0.1, 0.15) is 62.1 Å². The number of carbonyl (C=O) groups excluding carboxylic acids is 2. The zero-order valence-electron chi connectivity index (χ0n) is 28.6. The second-order valence-electron chi connectivity index (χ2n) is 14.2. The first-order valence-corrected chi connectivity index (χ1v) is 17.8. The van der Waals surface area contributed by atoms with E-state index in [-0.39, 0.29) is 17.7 Å². The maximum Gasteiger partial charge on any atom is 0.226 e. The summed E-state index contributed by atoms with van der Waals surface area (Å²) in [7, 11) is 3.70. The Labute approximate surface area is 284 Å². The Hall–Kier alpha value is -3.72. The van der Waals surface area contributed by atoms with Gasteiger partial charge < -0.3 is 29.3 Å². The van der Waals surface area contributed by atoms with Gasteiger partial charge in [-0.05, 0) is 81.4 Å². The first-order valence-electron chi connectivity index (χ1n) is 17.8. The van der Waals surface area contributed by atoms with Gasteiger partial charge in [0.15, 0.2) is 23.4 Å². The highest BCUT2D eigenvalue weighted by atomic mass is 16.5. The van der Waals surface area contributed by atoms with Crippen molar-refractivity contribution in [3.8, 4) is 11.5 Å². The van der Waals surface area contributed by atoms with Gasteiger partial charge in [-0.1, -0.05) is 61.5 Å². The Morgan fingerprint density at radius 3 is 2.40 bits per heavy atom. The number of likely N-dealkylation sites (N-methyl/N-ethyl adjacent to an activating group) is 1. The van der Waals surface area contributed by atoms with E-state index in [1.807, 2.05) is 36.1 Å². The first-order chi connectivity index (χ1) is 23.3. The Kier molecular flexibility index (Phi) is 9.09. The molecule has 3 heterocycles. The van der Waals surface area contributed by atoms with Crippen LogP contribution in [0.15, 0.2) is 72.8 Å². The number of piperidine rings is 2. The number of aliphatic hydroxyl groups is 1. The van der Waals surface area contributed by atoms with Gasteiger partial charge in [-0.2, -0.15) is 0 Å². The predicted octanol–water partition coefficient (Wildman–Crippen LogP) is 5.18. The fourth-order valence-corrected chi connectivity index (χ4v) is 9.34. The SMILES string of the molecule is CCC(=O)N(c1ccccc1)C1CCN(CCc2ccccc2)CC1.COc1ccc2c3c1O[C@H]1C(=O)CC[C@@]4(O)[C@@H](C2)N(C)CC[C@]314. The van der Waals surface area contributed by atoms with E-state index in [0.717, 1.165) is 69.5 Å². The predicted molar refractivity (Wildman–Crippen MR) is 187 cm³/mol. The molecule has 4 atom stereocenters. The maximum atomic E-state index is 12.7. The number of anilines is 1. The smallest absolute Gasteiger partial charge is 0.226 e. The molecule has 3 aromatic rings. The zero-order valence-corrected chi connectivity index (χ0v) is 28.6. The van der Waals surface area contributed by atoms with Crippen molar-refractivity contribution < 1.29 is 24.2 Å². The number of rotatable bonds is 7.